The first kappa shape index (κ1) is 13.2. The molecule has 0 bridgehead atoms. The second-order valence-electron chi connectivity index (χ2n) is 4.67. The van der Waals surface area contributed by atoms with Crippen LogP contribution in [0, 0.1) is 5.41 Å². The summed E-state index contributed by atoms with van der Waals surface area (Å²) in [6.07, 6.45) is 1.15. The Morgan fingerprint density at radius 1 is 1.56 bits per heavy atom. The number of carbonyl (C=O) groups is 1. The van der Waals surface area contributed by atoms with Crippen molar-refractivity contribution < 1.29 is 9.90 Å². The highest BCUT2D eigenvalue weighted by Crippen LogP contribution is 2.18. The Hall–Kier alpha value is -0.870. The lowest BCUT2D eigenvalue weighted by Crippen LogP contribution is -2.35. The van der Waals surface area contributed by atoms with Crippen LogP contribution in [0.15, 0.2) is 17.5 Å². The van der Waals surface area contributed by atoms with Crippen LogP contribution in [-0.2, 0) is 11.2 Å². The van der Waals surface area contributed by atoms with Gasteiger partial charge in [-0.15, -0.1) is 11.3 Å². The van der Waals surface area contributed by atoms with Gasteiger partial charge in [-0.1, -0.05) is 19.9 Å². The number of carbonyl (C=O) groups excluding carboxylic acids is 1. The average molecular weight is 241 g/mol. The van der Waals surface area contributed by atoms with Crippen molar-refractivity contribution in [3.8, 4) is 0 Å². The Bertz CT molecular complexity index is 320. The van der Waals surface area contributed by atoms with Crippen LogP contribution in [-0.4, -0.2) is 24.2 Å². The van der Waals surface area contributed by atoms with Crippen molar-refractivity contribution in [2.24, 2.45) is 5.41 Å². The minimum Gasteiger partial charge on any atom is -0.396 e. The molecule has 0 aromatic carbocycles. The van der Waals surface area contributed by atoms with Gasteiger partial charge in [0.05, 0.1) is 6.42 Å². The van der Waals surface area contributed by atoms with Crippen molar-refractivity contribution in [2.45, 2.75) is 26.7 Å². The summed E-state index contributed by atoms with van der Waals surface area (Å²) in [7, 11) is 0. The van der Waals surface area contributed by atoms with Crippen molar-refractivity contribution in [1.29, 1.82) is 0 Å². The molecule has 0 spiro atoms. The molecule has 2 N–H and O–H groups in total. The van der Waals surface area contributed by atoms with Crippen molar-refractivity contribution in [1.82, 2.24) is 5.32 Å². The molecule has 3 nitrogen and oxygen atoms in total. The highest BCUT2D eigenvalue weighted by Gasteiger charge is 2.18. The fourth-order valence-corrected chi connectivity index (χ4v) is 2.07. The second kappa shape index (κ2) is 6.01. The molecule has 1 heterocycles. The van der Waals surface area contributed by atoms with Gasteiger partial charge in [-0.2, -0.15) is 0 Å². The van der Waals surface area contributed by atoms with Gasteiger partial charge in [0.2, 0.25) is 5.91 Å². The number of nitrogens with one attached hydrogen (secondary N) is 1. The van der Waals surface area contributed by atoms with Crippen molar-refractivity contribution >= 4 is 17.2 Å². The molecule has 1 amide bonds. The third kappa shape index (κ3) is 4.77. The Morgan fingerprint density at radius 3 is 2.88 bits per heavy atom. The Balaban J connectivity index is 2.30. The molecule has 0 fully saturated rings. The number of aliphatic hydroxyl groups is 1. The van der Waals surface area contributed by atoms with Crippen LogP contribution in [0.3, 0.4) is 0 Å². The van der Waals surface area contributed by atoms with Crippen molar-refractivity contribution in [2.75, 3.05) is 13.2 Å². The molecule has 0 aliphatic carbocycles. The number of rotatable bonds is 6. The van der Waals surface area contributed by atoms with E-state index in [1.165, 1.54) is 0 Å². The normalized spacial score (nSPS) is 11.4. The molecule has 0 aliphatic heterocycles. The molecule has 1 rings (SSSR count). The first-order valence-corrected chi connectivity index (χ1v) is 6.31. The maximum atomic E-state index is 11.6. The standard InChI is InChI=1S/C12H19NO2S/c1-12(2,5-6-14)9-13-11(15)8-10-4-3-7-16-10/h3-4,7,14H,5-6,8-9H2,1-2H3,(H,13,15). The summed E-state index contributed by atoms with van der Waals surface area (Å²) in [5.41, 5.74) is -0.0418. The quantitative estimate of drug-likeness (QED) is 0.798. The van der Waals surface area contributed by atoms with E-state index in [-0.39, 0.29) is 17.9 Å². The van der Waals surface area contributed by atoms with Gasteiger partial charge in [0.15, 0.2) is 0 Å². The van der Waals surface area contributed by atoms with Crippen molar-refractivity contribution in [3.05, 3.63) is 22.4 Å². The van der Waals surface area contributed by atoms with Crippen LogP contribution >= 0.6 is 11.3 Å². The Kier molecular flexibility index (Phi) is 4.96. The minimum atomic E-state index is -0.0418. The lowest BCUT2D eigenvalue weighted by atomic mass is 9.90. The average Bonchev–Trinajstić information content (AvgIpc) is 2.68. The topological polar surface area (TPSA) is 49.3 Å². The molecule has 0 aliphatic rings. The zero-order valence-corrected chi connectivity index (χ0v) is 10.6. The lowest BCUT2D eigenvalue weighted by Gasteiger charge is -2.23. The number of thiophene rings is 1. The van der Waals surface area contributed by atoms with E-state index >= 15 is 0 Å². The second-order valence-corrected chi connectivity index (χ2v) is 5.70. The Morgan fingerprint density at radius 2 is 2.31 bits per heavy atom. The minimum absolute atomic E-state index is 0.0418. The fraction of sp³-hybridized carbons (Fsp3) is 0.583. The molecule has 4 heteroatoms. The summed E-state index contributed by atoms with van der Waals surface area (Å²) in [6, 6.07) is 3.91. The van der Waals surface area contributed by atoms with E-state index in [2.05, 4.69) is 5.32 Å². The SMILES string of the molecule is CC(C)(CCO)CNC(=O)Cc1cccs1. The van der Waals surface area contributed by atoms with E-state index in [1.54, 1.807) is 11.3 Å². The summed E-state index contributed by atoms with van der Waals surface area (Å²) in [6.45, 7) is 4.84. The van der Waals surface area contributed by atoms with E-state index in [1.807, 2.05) is 31.4 Å². The van der Waals surface area contributed by atoms with E-state index < -0.39 is 0 Å². The van der Waals surface area contributed by atoms with Crippen LogP contribution in [0.2, 0.25) is 0 Å². The van der Waals surface area contributed by atoms with Gasteiger partial charge in [-0.3, -0.25) is 4.79 Å². The van der Waals surface area contributed by atoms with Gasteiger partial charge < -0.3 is 10.4 Å². The molecule has 0 saturated carbocycles. The van der Waals surface area contributed by atoms with Gasteiger partial charge >= 0.3 is 0 Å². The molecule has 0 unspecified atom stereocenters. The van der Waals surface area contributed by atoms with E-state index in [9.17, 15) is 4.79 Å². The van der Waals surface area contributed by atoms with Crippen LogP contribution in [0.1, 0.15) is 25.1 Å². The molecule has 0 radical (unpaired) electrons. The zero-order chi connectivity index (χ0) is 12.0. The van der Waals surface area contributed by atoms with Gasteiger partial charge in [0.1, 0.15) is 0 Å². The third-order valence-electron chi connectivity index (χ3n) is 2.47. The van der Waals surface area contributed by atoms with Crippen LogP contribution in [0.5, 0.6) is 0 Å². The highest BCUT2D eigenvalue weighted by molar-refractivity contribution is 7.10. The predicted octanol–water partition coefficient (Wildman–Crippen LogP) is 1.82. The zero-order valence-electron chi connectivity index (χ0n) is 9.82. The van der Waals surface area contributed by atoms with Crippen molar-refractivity contribution in [3.63, 3.8) is 0 Å². The maximum absolute atomic E-state index is 11.6. The number of aliphatic hydroxyl groups excluding tert-OH is 1. The Labute approximate surface area is 100 Å². The largest absolute Gasteiger partial charge is 0.396 e. The van der Waals surface area contributed by atoms with Crippen LogP contribution in [0.4, 0.5) is 0 Å². The fourth-order valence-electron chi connectivity index (χ4n) is 1.36. The summed E-state index contributed by atoms with van der Waals surface area (Å²) in [5, 5.41) is 13.7. The van der Waals surface area contributed by atoms with Crippen LogP contribution in [0.25, 0.3) is 0 Å². The molecule has 16 heavy (non-hydrogen) atoms. The van der Waals surface area contributed by atoms with Gasteiger partial charge in [-0.25, -0.2) is 0 Å². The van der Waals surface area contributed by atoms with Gasteiger partial charge in [0, 0.05) is 18.0 Å². The van der Waals surface area contributed by atoms with E-state index in [0.29, 0.717) is 19.4 Å². The first-order valence-electron chi connectivity index (χ1n) is 5.43. The summed E-state index contributed by atoms with van der Waals surface area (Å²) < 4.78 is 0. The maximum Gasteiger partial charge on any atom is 0.225 e. The van der Waals surface area contributed by atoms with E-state index in [4.69, 9.17) is 5.11 Å². The van der Waals surface area contributed by atoms with Gasteiger partial charge in [0.25, 0.3) is 0 Å². The first-order chi connectivity index (χ1) is 7.53. The summed E-state index contributed by atoms with van der Waals surface area (Å²) >= 11 is 1.59. The number of hydrogen-bond donors (Lipinski definition) is 2. The van der Waals surface area contributed by atoms with E-state index in [0.717, 1.165) is 4.88 Å². The number of amides is 1. The molecule has 1 aromatic rings. The molecule has 0 atom stereocenters. The highest BCUT2D eigenvalue weighted by atomic mass is 32.1. The third-order valence-corrected chi connectivity index (χ3v) is 3.34. The van der Waals surface area contributed by atoms with Gasteiger partial charge in [-0.05, 0) is 23.3 Å². The smallest absolute Gasteiger partial charge is 0.225 e. The molecule has 0 saturated heterocycles. The predicted molar refractivity (Wildman–Crippen MR) is 66.5 cm³/mol. The summed E-state index contributed by atoms with van der Waals surface area (Å²) in [4.78, 5) is 12.7. The molecule has 1 aromatic heterocycles. The lowest BCUT2D eigenvalue weighted by molar-refractivity contribution is -0.120. The summed E-state index contributed by atoms with van der Waals surface area (Å²) in [5.74, 6) is 0.0495. The van der Waals surface area contributed by atoms with Crippen LogP contribution < -0.4 is 5.32 Å². The molecule has 90 valence electrons. The molecular formula is C12H19NO2S. The number of hydrogen-bond acceptors (Lipinski definition) is 3. The monoisotopic (exact) mass is 241 g/mol. The molecular weight excluding hydrogens is 222 g/mol.